The molecule has 0 radical (unpaired) electrons. The van der Waals surface area contributed by atoms with Crippen molar-refractivity contribution in [3.8, 4) is 0 Å². The Labute approximate surface area is 69.5 Å². The van der Waals surface area contributed by atoms with E-state index in [1.807, 2.05) is 0 Å². The summed E-state index contributed by atoms with van der Waals surface area (Å²) in [5.41, 5.74) is 0.251. The van der Waals surface area contributed by atoms with Gasteiger partial charge in [0.25, 0.3) is 0 Å². The maximum absolute atomic E-state index is 10.5. The summed E-state index contributed by atoms with van der Waals surface area (Å²) in [5.74, 6) is 1.74. The summed E-state index contributed by atoms with van der Waals surface area (Å²) in [5, 5.41) is 8.61. The standard InChI is InChI=1S/C8H9NO3/c10-4-6-8(2-1-3-8)5-9(6)7(11)12/h1-3,5H2,(H,11,12). The van der Waals surface area contributed by atoms with Gasteiger partial charge < -0.3 is 5.11 Å². The van der Waals surface area contributed by atoms with Crippen molar-refractivity contribution in [3.05, 3.63) is 5.70 Å². The molecule has 1 saturated carbocycles. The Morgan fingerprint density at radius 3 is 2.58 bits per heavy atom. The Morgan fingerprint density at radius 2 is 2.25 bits per heavy atom. The van der Waals surface area contributed by atoms with Gasteiger partial charge in [-0.3, -0.25) is 4.90 Å². The molecule has 2 fully saturated rings. The Balaban J connectivity index is 2.20. The van der Waals surface area contributed by atoms with Gasteiger partial charge in [-0.25, -0.2) is 9.59 Å². The maximum atomic E-state index is 10.5. The Morgan fingerprint density at radius 1 is 1.58 bits per heavy atom. The minimum Gasteiger partial charge on any atom is -0.465 e. The van der Waals surface area contributed by atoms with Crippen molar-refractivity contribution in [2.75, 3.05) is 6.54 Å². The van der Waals surface area contributed by atoms with E-state index in [0.717, 1.165) is 24.2 Å². The van der Waals surface area contributed by atoms with Gasteiger partial charge in [0.05, 0.1) is 0 Å². The van der Waals surface area contributed by atoms with Crippen LogP contribution in [0.1, 0.15) is 19.3 Å². The molecule has 1 saturated heterocycles. The molecule has 64 valence electrons. The molecular formula is C8H9NO3. The fourth-order valence-corrected chi connectivity index (χ4v) is 1.98. The summed E-state index contributed by atoms with van der Waals surface area (Å²) in [6.07, 6.45) is 1.95. The van der Waals surface area contributed by atoms with E-state index in [2.05, 4.69) is 0 Å². The largest absolute Gasteiger partial charge is 0.465 e. The first kappa shape index (κ1) is 7.37. The lowest BCUT2D eigenvalue weighted by Crippen LogP contribution is -2.59. The van der Waals surface area contributed by atoms with Gasteiger partial charge in [-0.05, 0) is 12.8 Å². The molecule has 12 heavy (non-hydrogen) atoms. The molecule has 1 heterocycles. The molecule has 1 aliphatic heterocycles. The highest BCUT2D eigenvalue weighted by atomic mass is 16.4. The van der Waals surface area contributed by atoms with E-state index in [1.165, 1.54) is 0 Å². The SMILES string of the molecule is O=C=C1N(C(=O)O)CC12CCC2. The summed E-state index contributed by atoms with van der Waals surface area (Å²) < 4.78 is 0. The zero-order chi connectivity index (χ0) is 8.77. The van der Waals surface area contributed by atoms with Crippen molar-refractivity contribution in [1.82, 2.24) is 4.90 Å². The van der Waals surface area contributed by atoms with Gasteiger partial charge in [-0.15, -0.1) is 0 Å². The predicted molar refractivity (Wildman–Crippen MR) is 40.2 cm³/mol. The average molecular weight is 167 g/mol. The van der Waals surface area contributed by atoms with Crippen LogP contribution in [0.15, 0.2) is 5.70 Å². The van der Waals surface area contributed by atoms with E-state index in [0.29, 0.717) is 12.2 Å². The average Bonchev–Trinajstić information content (AvgIpc) is 1.81. The molecule has 0 unspecified atom stereocenters. The summed E-state index contributed by atoms with van der Waals surface area (Å²) in [6, 6.07) is 0. The lowest BCUT2D eigenvalue weighted by Gasteiger charge is -2.54. The summed E-state index contributed by atoms with van der Waals surface area (Å²) in [7, 11) is 0. The number of hydrogen-bond donors (Lipinski definition) is 1. The van der Waals surface area contributed by atoms with E-state index < -0.39 is 6.09 Å². The van der Waals surface area contributed by atoms with Crippen molar-refractivity contribution in [2.45, 2.75) is 19.3 Å². The molecular weight excluding hydrogens is 158 g/mol. The number of carbonyl (C=O) groups is 1. The van der Waals surface area contributed by atoms with Crippen molar-refractivity contribution >= 4 is 12.0 Å². The zero-order valence-electron chi connectivity index (χ0n) is 6.54. The van der Waals surface area contributed by atoms with Crippen LogP contribution in [0, 0.1) is 5.41 Å². The van der Waals surface area contributed by atoms with E-state index in [1.54, 1.807) is 5.94 Å². The van der Waals surface area contributed by atoms with Gasteiger partial charge in [0.2, 0.25) is 0 Å². The smallest absolute Gasteiger partial charge is 0.412 e. The van der Waals surface area contributed by atoms with Crippen LogP contribution >= 0.6 is 0 Å². The lowest BCUT2D eigenvalue weighted by molar-refractivity contribution is 0.0132. The minimum absolute atomic E-state index is 0.0971. The van der Waals surface area contributed by atoms with Crippen LogP contribution < -0.4 is 0 Å². The monoisotopic (exact) mass is 167 g/mol. The molecule has 4 heteroatoms. The molecule has 1 spiro atoms. The van der Waals surface area contributed by atoms with E-state index in [9.17, 15) is 9.59 Å². The van der Waals surface area contributed by atoms with Crippen molar-refractivity contribution in [1.29, 1.82) is 0 Å². The van der Waals surface area contributed by atoms with E-state index in [4.69, 9.17) is 5.11 Å². The molecule has 0 aromatic rings. The normalized spacial score (nSPS) is 24.3. The Bertz CT molecular complexity index is 287. The molecule has 1 amide bonds. The number of amides is 1. The Hall–Kier alpha value is -1.28. The van der Waals surface area contributed by atoms with Crippen molar-refractivity contribution in [3.63, 3.8) is 0 Å². The molecule has 0 aromatic carbocycles. The number of carbonyl (C=O) groups excluding carboxylic acids is 1. The van der Waals surface area contributed by atoms with Crippen LogP contribution in [0.4, 0.5) is 4.79 Å². The van der Waals surface area contributed by atoms with Crippen molar-refractivity contribution < 1.29 is 14.7 Å². The van der Waals surface area contributed by atoms with Crippen LogP contribution in [0.5, 0.6) is 0 Å². The fraction of sp³-hybridized carbons (Fsp3) is 0.625. The van der Waals surface area contributed by atoms with Gasteiger partial charge in [-0.2, -0.15) is 0 Å². The number of carboxylic acid groups (broad SMARTS) is 1. The second-order valence-corrected chi connectivity index (χ2v) is 3.45. The van der Waals surface area contributed by atoms with Crippen LogP contribution in [0.3, 0.4) is 0 Å². The third-order valence-corrected chi connectivity index (χ3v) is 2.87. The summed E-state index contributed by atoms with van der Waals surface area (Å²) >= 11 is 0. The maximum Gasteiger partial charge on any atom is 0.412 e. The second-order valence-electron chi connectivity index (χ2n) is 3.45. The van der Waals surface area contributed by atoms with E-state index >= 15 is 0 Å². The molecule has 0 atom stereocenters. The highest BCUT2D eigenvalue weighted by Gasteiger charge is 2.55. The molecule has 4 nitrogen and oxygen atoms in total. The highest BCUT2D eigenvalue weighted by molar-refractivity contribution is 5.76. The van der Waals surface area contributed by atoms with Gasteiger partial charge in [0.15, 0.2) is 0 Å². The molecule has 0 aromatic heterocycles. The molecule has 2 aliphatic rings. The molecule has 1 N–H and O–H groups in total. The van der Waals surface area contributed by atoms with Gasteiger partial charge in [0.1, 0.15) is 11.6 Å². The number of likely N-dealkylation sites (tertiary alicyclic amines) is 1. The van der Waals surface area contributed by atoms with Crippen LogP contribution in [0.2, 0.25) is 0 Å². The highest BCUT2D eigenvalue weighted by Crippen LogP contribution is 2.54. The first-order valence-corrected chi connectivity index (χ1v) is 3.96. The topological polar surface area (TPSA) is 57.6 Å². The summed E-state index contributed by atoms with van der Waals surface area (Å²) in [6.45, 7) is 0.493. The van der Waals surface area contributed by atoms with Crippen LogP contribution in [0.25, 0.3) is 0 Å². The lowest BCUT2D eigenvalue weighted by atomic mass is 9.61. The zero-order valence-corrected chi connectivity index (χ0v) is 6.54. The van der Waals surface area contributed by atoms with E-state index in [-0.39, 0.29) is 5.41 Å². The van der Waals surface area contributed by atoms with Gasteiger partial charge in [-0.1, -0.05) is 6.42 Å². The van der Waals surface area contributed by atoms with Crippen molar-refractivity contribution in [2.24, 2.45) is 5.41 Å². The van der Waals surface area contributed by atoms with Crippen LogP contribution in [-0.2, 0) is 4.79 Å². The number of nitrogens with zero attached hydrogens (tertiary/aromatic N) is 1. The molecule has 2 rings (SSSR count). The number of hydrogen-bond acceptors (Lipinski definition) is 2. The summed E-state index contributed by atoms with van der Waals surface area (Å²) in [4.78, 5) is 22.0. The molecule has 1 aliphatic carbocycles. The molecule has 0 bridgehead atoms. The first-order chi connectivity index (χ1) is 5.69. The number of rotatable bonds is 0. The third-order valence-electron chi connectivity index (χ3n) is 2.87. The Kier molecular flexibility index (Phi) is 1.30. The minimum atomic E-state index is -1.04. The quantitative estimate of drug-likeness (QED) is 0.544. The second kappa shape index (κ2) is 2.11. The third kappa shape index (κ3) is 0.676. The van der Waals surface area contributed by atoms with Gasteiger partial charge in [0, 0.05) is 12.0 Å². The predicted octanol–water partition coefficient (Wildman–Crippen LogP) is 0.866. The van der Waals surface area contributed by atoms with Crippen LogP contribution in [-0.4, -0.2) is 28.6 Å². The fourth-order valence-electron chi connectivity index (χ4n) is 1.98. The van der Waals surface area contributed by atoms with Gasteiger partial charge >= 0.3 is 6.09 Å². The first-order valence-electron chi connectivity index (χ1n) is 3.96.